The molecule has 0 radical (unpaired) electrons. The summed E-state index contributed by atoms with van der Waals surface area (Å²) in [6.45, 7) is 4.94. The minimum Gasteiger partial charge on any atom is -0.373 e. The van der Waals surface area contributed by atoms with Crippen molar-refractivity contribution in [2.45, 2.75) is 44.9 Å². The van der Waals surface area contributed by atoms with E-state index in [1.165, 1.54) is 0 Å². The average molecular weight is 321 g/mol. The van der Waals surface area contributed by atoms with Crippen LogP contribution in [0.1, 0.15) is 44.2 Å². The molecule has 1 aliphatic rings. The number of hydrogen-bond donors (Lipinski definition) is 2. The van der Waals surface area contributed by atoms with Crippen LogP contribution in [0.3, 0.4) is 0 Å². The molecular formula is C16H27N5O2. The number of nitrogens with zero attached hydrogens (tertiary/aromatic N) is 3. The standard InChI is InChI=1S/C16H27N5O2/c1-16(2,23-5)15(22)21(4)10-11-9-13(17-3)20-14(19-11)12-7-6-8-18-12/h9,12,18H,6-8,10H2,1-5H3,(H,17,19,20). The summed E-state index contributed by atoms with van der Waals surface area (Å²) >= 11 is 0. The van der Waals surface area contributed by atoms with Crippen molar-refractivity contribution < 1.29 is 9.53 Å². The lowest BCUT2D eigenvalue weighted by molar-refractivity contribution is -0.150. The lowest BCUT2D eigenvalue weighted by Gasteiger charge is -2.28. The van der Waals surface area contributed by atoms with E-state index < -0.39 is 5.60 Å². The Hall–Kier alpha value is -1.73. The van der Waals surface area contributed by atoms with E-state index in [0.717, 1.165) is 36.7 Å². The molecule has 1 fully saturated rings. The van der Waals surface area contributed by atoms with Crippen molar-refractivity contribution in [1.82, 2.24) is 20.2 Å². The van der Waals surface area contributed by atoms with Gasteiger partial charge in [0.05, 0.1) is 18.3 Å². The Morgan fingerprint density at radius 2 is 2.26 bits per heavy atom. The lowest BCUT2D eigenvalue weighted by Crippen LogP contribution is -2.44. The van der Waals surface area contributed by atoms with Gasteiger partial charge < -0.3 is 20.3 Å². The van der Waals surface area contributed by atoms with E-state index in [1.807, 2.05) is 13.1 Å². The van der Waals surface area contributed by atoms with E-state index in [9.17, 15) is 4.79 Å². The van der Waals surface area contributed by atoms with Crippen LogP contribution in [-0.4, -0.2) is 54.1 Å². The summed E-state index contributed by atoms with van der Waals surface area (Å²) in [7, 11) is 5.14. The molecule has 2 heterocycles. The Bertz CT molecular complexity index is 555. The van der Waals surface area contributed by atoms with Crippen LogP contribution in [0.15, 0.2) is 6.07 Å². The Kier molecular flexibility index (Phi) is 5.54. The van der Waals surface area contributed by atoms with Crippen LogP contribution in [0, 0.1) is 0 Å². The third-order valence-electron chi connectivity index (χ3n) is 4.20. The van der Waals surface area contributed by atoms with Crippen molar-refractivity contribution >= 4 is 11.7 Å². The minimum atomic E-state index is -0.844. The zero-order valence-electron chi connectivity index (χ0n) is 14.6. The number of aromatic nitrogens is 2. The Morgan fingerprint density at radius 3 is 2.83 bits per heavy atom. The maximum atomic E-state index is 12.4. The minimum absolute atomic E-state index is 0.0786. The fourth-order valence-corrected chi connectivity index (χ4v) is 2.65. The van der Waals surface area contributed by atoms with Gasteiger partial charge >= 0.3 is 0 Å². The molecule has 23 heavy (non-hydrogen) atoms. The first kappa shape index (κ1) is 17.6. The van der Waals surface area contributed by atoms with Gasteiger partial charge in [0.15, 0.2) is 0 Å². The van der Waals surface area contributed by atoms with Crippen LogP contribution < -0.4 is 10.6 Å². The molecule has 1 aliphatic heterocycles. The molecule has 0 aromatic carbocycles. The molecule has 0 spiro atoms. The van der Waals surface area contributed by atoms with Crippen LogP contribution in [0.5, 0.6) is 0 Å². The zero-order chi connectivity index (χ0) is 17.0. The molecule has 1 saturated heterocycles. The molecule has 2 rings (SSSR count). The van der Waals surface area contributed by atoms with Crippen molar-refractivity contribution in [3.8, 4) is 0 Å². The fraction of sp³-hybridized carbons (Fsp3) is 0.688. The van der Waals surface area contributed by atoms with Crippen molar-refractivity contribution in [3.63, 3.8) is 0 Å². The van der Waals surface area contributed by atoms with Crippen LogP contribution in [0.2, 0.25) is 0 Å². The number of hydrogen-bond acceptors (Lipinski definition) is 6. The topological polar surface area (TPSA) is 79.4 Å². The van der Waals surface area contributed by atoms with Crippen molar-refractivity contribution in [1.29, 1.82) is 0 Å². The normalized spacial score (nSPS) is 18.0. The van der Waals surface area contributed by atoms with Crippen molar-refractivity contribution in [2.24, 2.45) is 0 Å². The van der Waals surface area contributed by atoms with Gasteiger partial charge in [0, 0.05) is 27.3 Å². The number of ether oxygens (including phenoxy) is 1. The smallest absolute Gasteiger partial charge is 0.254 e. The monoisotopic (exact) mass is 321 g/mol. The van der Waals surface area contributed by atoms with E-state index in [-0.39, 0.29) is 11.9 Å². The van der Waals surface area contributed by atoms with E-state index in [1.54, 1.807) is 32.9 Å². The highest BCUT2D eigenvalue weighted by atomic mass is 16.5. The molecule has 1 aromatic heterocycles. The van der Waals surface area contributed by atoms with Crippen LogP contribution in [0.25, 0.3) is 0 Å². The number of amides is 1. The molecule has 0 aliphatic carbocycles. The van der Waals surface area contributed by atoms with E-state index >= 15 is 0 Å². The van der Waals surface area contributed by atoms with Crippen molar-refractivity contribution in [2.75, 3.05) is 33.1 Å². The first-order valence-corrected chi connectivity index (χ1v) is 7.97. The molecule has 0 saturated carbocycles. The fourth-order valence-electron chi connectivity index (χ4n) is 2.65. The SMILES string of the molecule is CNc1cc(CN(C)C(=O)C(C)(C)OC)nc(C2CCCN2)n1. The maximum Gasteiger partial charge on any atom is 0.254 e. The molecule has 7 heteroatoms. The Morgan fingerprint density at radius 1 is 1.52 bits per heavy atom. The second-order valence-electron chi connectivity index (χ2n) is 6.38. The summed E-state index contributed by atoms with van der Waals surface area (Å²) in [6.07, 6.45) is 2.17. The predicted molar refractivity (Wildman–Crippen MR) is 89.1 cm³/mol. The number of anilines is 1. The molecule has 128 valence electrons. The number of nitrogens with one attached hydrogen (secondary N) is 2. The predicted octanol–water partition coefficient (Wildman–Crippen LogP) is 1.33. The lowest BCUT2D eigenvalue weighted by atomic mass is 10.1. The average Bonchev–Trinajstić information content (AvgIpc) is 3.08. The van der Waals surface area contributed by atoms with Gasteiger partial charge in [-0.25, -0.2) is 9.97 Å². The second-order valence-corrected chi connectivity index (χ2v) is 6.38. The summed E-state index contributed by atoms with van der Waals surface area (Å²) in [6, 6.07) is 2.07. The van der Waals surface area contributed by atoms with E-state index in [4.69, 9.17) is 4.74 Å². The first-order chi connectivity index (χ1) is 10.9. The van der Waals surface area contributed by atoms with E-state index in [0.29, 0.717) is 6.54 Å². The summed E-state index contributed by atoms with van der Waals surface area (Å²) in [4.78, 5) is 23.2. The van der Waals surface area contributed by atoms with Crippen molar-refractivity contribution in [3.05, 3.63) is 17.6 Å². The van der Waals surface area contributed by atoms with Gasteiger partial charge in [-0.15, -0.1) is 0 Å². The first-order valence-electron chi connectivity index (χ1n) is 7.97. The summed E-state index contributed by atoms with van der Waals surface area (Å²) < 4.78 is 5.26. The van der Waals surface area contributed by atoms with Gasteiger partial charge in [-0.2, -0.15) is 0 Å². The van der Waals surface area contributed by atoms with Gasteiger partial charge in [-0.05, 0) is 33.2 Å². The molecule has 1 atom stereocenters. The van der Waals surface area contributed by atoms with Gasteiger partial charge in [-0.1, -0.05) is 0 Å². The number of methoxy groups -OCH3 is 1. The number of carbonyl (C=O) groups is 1. The highest BCUT2D eigenvalue weighted by molar-refractivity contribution is 5.84. The molecular weight excluding hydrogens is 294 g/mol. The van der Waals surface area contributed by atoms with Gasteiger partial charge in [0.1, 0.15) is 17.2 Å². The molecule has 0 bridgehead atoms. The quantitative estimate of drug-likeness (QED) is 0.823. The molecule has 2 N–H and O–H groups in total. The Balaban J connectivity index is 2.18. The van der Waals surface area contributed by atoms with Gasteiger partial charge in [0.2, 0.25) is 0 Å². The third-order valence-corrected chi connectivity index (χ3v) is 4.20. The van der Waals surface area contributed by atoms with Gasteiger partial charge in [-0.3, -0.25) is 4.79 Å². The maximum absolute atomic E-state index is 12.4. The number of likely N-dealkylation sites (N-methyl/N-ethyl adjacent to an activating group) is 1. The summed E-state index contributed by atoms with van der Waals surface area (Å²) in [5.41, 5.74) is -0.0282. The number of carbonyl (C=O) groups excluding carboxylic acids is 1. The van der Waals surface area contributed by atoms with Crippen LogP contribution >= 0.6 is 0 Å². The summed E-state index contributed by atoms with van der Waals surface area (Å²) in [5.74, 6) is 1.48. The number of rotatable bonds is 6. The molecule has 1 unspecified atom stereocenters. The Labute approximate surface area is 137 Å². The largest absolute Gasteiger partial charge is 0.373 e. The molecule has 1 amide bonds. The second kappa shape index (κ2) is 7.23. The highest BCUT2D eigenvalue weighted by Gasteiger charge is 2.30. The summed E-state index contributed by atoms with van der Waals surface area (Å²) in [5, 5.41) is 6.48. The van der Waals surface area contributed by atoms with Crippen LogP contribution in [0.4, 0.5) is 5.82 Å². The molecule has 1 aromatic rings. The molecule has 7 nitrogen and oxygen atoms in total. The third kappa shape index (κ3) is 4.17. The van der Waals surface area contributed by atoms with Crippen LogP contribution in [-0.2, 0) is 16.1 Å². The van der Waals surface area contributed by atoms with E-state index in [2.05, 4.69) is 20.6 Å². The van der Waals surface area contributed by atoms with Gasteiger partial charge in [0.25, 0.3) is 5.91 Å². The zero-order valence-corrected chi connectivity index (χ0v) is 14.6. The highest BCUT2D eigenvalue weighted by Crippen LogP contribution is 2.22.